The number of nitrogens with one attached hydrogen (secondary N) is 1. The summed E-state index contributed by atoms with van der Waals surface area (Å²) in [5.41, 5.74) is 2.11. The molecule has 0 saturated carbocycles. The van der Waals surface area contributed by atoms with E-state index in [0.29, 0.717) is 17.4 Å². The van der Waals surface area contributed by atoms with E-state index in [1.54, 1.807) is 22.9 Å². The number of nitrogens with zero attached hydrogens (tertiary/aromatic N) is 5. The van der Waals surface area contributed by atoms with Crippen molar-refractivity contribution in [2.75, 3.05) is 0 Å². The van der Waals surface area contributed by atoms with E-state index in [9.17, 15) is 9.59 Å². The number of carbonyl (C=O) groups is 1. The lowest BCUT2D eigenvalue weighted by atomic mass is 10.2. The second-order valence-electron chi connectivity index (χ2n) is 6.42. The summed E-state index contributed by atoms with van der Waals surface area (Å²) in [6, 6.07) is 14.6. The third-order valence-electron chi connectivity index (χ3n) is 4.32. The van der Waals surface area contributed by atoms with Gasteiger partial charge < -0.3 is 5.32 Å². The molecule has 1 atom stereocenters. The molecule has 27 heavy (non-hydrogen) atoms. The number of aromatic nitrogens is 5. The van der Waals surface area contributed by atoms with E-state index in [4.69, 9.17) is 0 Å². The summed E-state index contributed by atoms with van der Waals surface area (Å²) in [7, 11) is 0. The summed E-state index contributed by atoms with van der Waals surface area (Å²) in [4.78, 5) is 29.1. The Morgan fingerprint density at radius 1 is 1.11 bits per heavy atom. The maximum atomic E-state index is 12.5. The Morgan fingerprint density at radius 2 is 1.85 bits per heavy atom. The third-order valence-corrected chi connectivity index (χ3v) is 4.32. The van der Waals surface area contributed by atoms with Gasteiger partial charge in [0.15, 0.2) is 0 Å². The Bertz CT molecular complexity index is 1180. The van der Waals surface area contributed by atoms with Crippen molar-refractivity contribution >= 4 is 27.8 Å². The van der Waals surface area contributed by atoms with Gasteiger partial charge in [0.1, 0.15) is 12.1 Å². The lowest BCUT2D eigenvalue weighted by Crippen LogP contribution is -2.39. The van der Waals surface area contributed by atoms with Crippen molar-refractivity contribution in [3.63, 3.8) is 0 Å². The third kappa shape index (κ3) is 3.41. The van der Waals surface area contributed by atoms with Gasteiger partial charge in [-0.05, 0) is 31.2 Å². The fraction of sp³-hybridized carbons (Fsp3) is 0.211. The van der Waals surface area contributed by atoms with Crippen molar-refractivity contribution in [3.8, 4) is 0 Å². The number of para-hydroxylation sites is 2. The Balaban J connectivity index is 1.45. The normalized spacial score (nSPS) is 12.3. The predicted octanol–water partition coefficient (Wildman–Crippen LogP) is 1.35. The van der Waals surface area contributed by atoms with E-state index in [2.05, 4.69) is 20.6 Å². The van der Waals surface area contributed by atoms with Crippen molar-refractivity contribution < 1.29 is 4.79 Å². The molecule has 2 heterocycles. The Morgan fingerprint density at radius 3 is 2.70 bits per heavy atom. The van der Waals surface area contributed by atoms with Crippen LogP contribution in [-0.2, 0) is 17.9 Å². The van der Waals surface area contributed by atoms with Gasteiger partial charge in [-0.25, -0.2) is 9.67 Å². The zero-order chi connectivity index (χ0) is 18.8. The highest BCUT2D eigenvalue weighted by Gasteiger charge is 2.13. The average Bonchev–Trinajstić information content (AvgIpc) is 3.07. The molecule has 0 spiro atoms. The van der Waals surface area contributed by atoms with Crippen LogP contribution in [0, 0.1) is 0 Å². The minimum absolute atomic E-state index is 0.0842. The smallest absolute Gasteiger partial charge is 0.261 e. The van der Waals surface area contributed by atoms with Crippen molar-refractivity contribution in [2.45, 2.75) is 26.1 Å². The molecule has 8 heteroatoms. The van der Waals surface area contributed by atoms with Crippen LogP contribution >= 0.6 is 0 Å². The van der Waals surface area contributed by atoms with Gasteiger partial charge in [0.05, 0.1) is 29.3 Å². The molecule has 0 bridgehead atoms. The van der Waals surface area contributed by atoms with E-state index in [-0.39, 0.29) is 24.1 Å². The van der Waals surface area contributed by atoms with Crippen LogP contribution < -0.4 is 10.9 Å². The van der Waals surface area contributed by atoms with Crippen molar-refractivity contribution in [1.82, 2.24) is 29.9 Å². The van der Waals surface area contributed by atoms with Gasteiger partial charge >= 0.3 is 0 Å². The summed E-state index contributed by atoms with van der Waals surface area (Å²) in [5, 5.41) is 11.6. The molecule has 4 rings (SSSR count). The highest BCUT2D eigenvalue weighted by atomic mass is 16.2. The lowest BCUT2D eigenvalue weighted by molar-refractivity contribution is -0.122. The quantitative estimate of drug-likeness (QED) is 0.578. The molecule has 0 fully saturated rings. The van der Waals surface area contributed by atoms with Crippen LogP contribution in [0.3, 0.4) is 0 Å². The average molecular weight is 362 g/mol. The number of hydrogen-bond donors (Lipinski definition) is 1. The monoisotopic (exact) mass is 362 g/mol. The largest absolute Gasteiger partial charge is 0.350 e. The second kappa shape index (κ2) is 6.99. The van der Waals surface area contributed by atoms with E-state index >= 15 is 0 Å². The van der Waals surface area contributed by atoms with Crippen LogP contribution in [0.5, 0.6) is 0 Å². The molecule has 4 aromatic rings. The molecule has 8 nitrogen and oxygen atoms in total. The van der Waals surface area contributed by atoms with E-state index in [1.165, 1.54) is 10.9 Å². The van der Waals surface area contributed by atoms with E-state index in [0.717, 1.165) is 11.0 Å². The fourth-order valence-corrected chi connectivity index (χ4v) is 3.05. The Kier molecular flexibility index (Phi) is 4.37. The topological polar surface area (TPSA) is 94.7 Å². The zero-order valence-electron chi connectivity index (χ0n) is 14.7. The SMILES string of the molecule is C[C@@H](Cn1nnc2ccccc21)NC(=O)Cn1cnc2ccccc2c1=O. The van der Waals surface area contributed by atoms with Crippen LogP contribution in [0.4, 0.5) is 0 Å². The van der Waals surface area contributed by atoms with Gasteiger partial charge in [-0.3, -0.25) is 14.2 Å². The van der Waals surface area contributed by atoms with Gasteiger partial charge in [-0.2, -0.15) is 0 Å². The molecule has 0 aliphatic heterocycles. The molecule has 0 aliphatic carbocycles. The fourth-order valence-electron chi connectivity index (χ4n) is 3.05. The van der Waals surface area contributed by atoms with Gasteiger partial charge in [0.2, 0.25) is 5.91 Å². The number of fused-ring (bicyclic) bond motifs is 2. The minimum Gasteiger partial charge on any atom is -0.350 e. The first-order valence-electron chi connectivity index (χ1n) is 8.63. The summed E-state index contributed by atoms with van der Waals surface area (Å²) in [6.45, 7) is 2.28. The summed E-state index contributed by atoms with van der Waals surface area (Å²) in [6.07, 6.45) is 1.40. The molecule has 0 radical (unpaired) electrons. The maximum Gasteiger partial charge on any atom is 0.261 e. The number of rotatable bonds is 5. The Labute approximate surface area is 154 Å². The molecular weight excluding hydrogens is 344 g/mol. The number of benzene rings is 2. The van der Waals surface area contributed by atoms with Crippen molar-refractivity contribution in [2.24, 2.45) is 0 Å². The first-order chi connectivity index (χ1) is 13.1. The van der Waals surface area contributed by atoms with Crippen LogP contribution in [0.15, 0.2) is 59.7 Å². The standard InChI is InChI=1S/C19H18N6O2/c1-13(10-25-17-9-5-4-8-16(17)22-23-25)21-18(26)11-24-12-20-15-7-3-2-6-14(15)19(24)27/h2-9,12-13H,10-11H2,1H3,(H,21,26)/t13-/m0/s1. The van der Waals surface area contributed by atoms with E-state index < -0.39 is 0 Å². The van der Waals surface area contributed by atoms with Gasteiger partial charge in [-0.1, -0.05) is 29.5 Å². The highest BCUT2D eigenvalue weighted by molar-refractivity contribution is 5.79. The highest BCUT2D eigenvalue weighted by Crippen LogP contribution is 2.10. The lowest BCUT2D eigenvalue weighted by Gasteiger charge is -2.15. The van der Waals surface area contributed by atoms with Crippen molar-refractivity contribution in [1.29, 1.82) is 0 Å². The first-order valence-corrected chi connectivity index (χ1v) is 8.63. The molecule has 2 aromatic heterocycles. The Hall–Kier alpha value is -3.55. The number of carbonyl (C=O) groups excluding carboxylic acids is 1. The molecule has 1 amide bonds. The molecule has 0 saturated heterocycles. The minimum atomic E-state index is -0.258. The maximum absolute atomic E-state index is 12.5. The summed E-state index contributed by atoms with van der Waals surface area (Å²) < 4.78 is 3.07. The molecule has 1 N–H and O–H groups in total. The van der Waals surface area contributed by atoms with Gasteiger partial charge in [-0.15, -0.1) is 5.10 Å². The number of amides is 1. The van der Waals surface area contributed by atoms with Gasteiger partial charge in [0, 0.05) is 6.04 Å². The molecule has 0 unspecified atom stereocenters. The number of hydrogen-bond acceptors (Lipinski definition) is 5. The summed E-state index contributed by atoms with van der Waals surface area (Å²) >= 11 is 0. The second-order valence-corrected chi connectivity index (χ2v) is 6.42. The van der Waals surface area contributed by atoms with Gasteiger partial charge in [0.25, 0.3) is 5.56 Å². The van der Waals surface area contributed by atoms with Crippen LogP contribution in [0.1, 0.15) is 6.92 Å². The molecule has 2 aromatic carbocycles. The zero-order valence-corrected chi connectivity index (χ0v) is 14.7. The molecular formula is C19H18N6O2. The molecule has 136 valence electrons. The van der Waals surface area contributed by atoms with Crippen molar-refractivity contribution in [3.05, 3.63) is 65.2 Å². The predicted molar refractivity (Wildman–Crippen MR) is 101 cm³/mol. The molecule has 0 aliphatic rings. The summed E-state index contributed by atoms with van der Waals surface area (Å²) in [5.74, 6) is -0.258. The van der Waals surface area contributed by atoms with Crippen LogP contribution in [0.25, 0.3) is 21.9 Å². The van der Waals surface area contributed by atoms with Crippen LogP contribution in [0.2, 0.25) is 0 Å². The first kappa shape index (κ1) is 16.9. The van der Waals surface area contributed by atoms with Crippen LogP contribution in [-0.4, -0.2) is 36.5 Å². The van der Waals surface area contributed by atoms with E-state index in [1.807, 2.05) is 37.3 Å².